The van der Waals surface area contributed by atoms with Gasteiger partial charge in [0.15, 0.2) is 0 Å². The summed E-state index contributed by atoms with van der Waals surface area (Å²) < 4.78 is 5.04. The Kier molecular flexibility index (Phi) is 7.02. The second-order valence-electron chi connectivity index (χ2n) is 4.26. The minimum atomic E-state index is -0.494. The molecule has 0 fully saturated rings. The Morgan fingerprint density at radius 3 is 2.85 bits per heavy atom. The number of rotatable bonds is 9. The van der Waals surface area contributed by atoms with Crippen molar-refractivity contribution in [2.24, 2.45) is 0 Å². The largest absolute Gasteiger partial charge is 0.466 e. The van der Waals surface area contributed by atoms with Gasteiger partial charge in [-0.15, -0.1) is 0 Å². The van der Waals surface area contributed by atoms with E-state index in [1.165, 1.54) is 12.3 Å². The number of nitrogens with zero attached hydrogens (tertiary/aromatic N) is 2. The number of pyridine rings is 1. The van der Waals surface area contributed by atoms with Gasteiger partial charge in [-0.1, -0.05) is 13.3 Å². The van der Waals surface area contributed by atoms with Gasteiger partial charge < -0.3 is 10.1 Å². The second-order valence-corrected chi connectivity index (χ2v) is 4.26. The summed E-state index contributed by atoms with van der Waals surface area (Å²) in [4.78, 5) is 25.1. The Morgan fingerprint density at radius 1 is 1.45 bits per heavy atom. The van der Waals surface area contributed by atoms with E-state index in [4.69, 9.17) is 4.74 Å². The molecule has 0 amide bonds. The monoisotopic (exact) mass is 281 g/mol. The average Bonchev–Trinajstić information content (AvgIpc) is 2.45. The van der Waals surface area contributed by atoms with Crippen LogP contribution in [-0.2, 0) is 9.53 Å². The van der Waals surface area contributed by atoms with Crippen LogP contribution in [0.25, 0.3) is 0 Å². The highest BCUT2D eigenvalue weighted by atomic mass is 16.6. The molecule has 110 valence electrons. The summed E-state index contributed by atoms with van der Waals surface area (Å²) in [5.74, 6) is 0.397. The molecule has 0 aliphatic carbocycles. The Hall–Kier alpha value is -2.18. The van der Waals surface area contributed by atoms with Gasteiger partial charge in [-0.2, -0.15) is 0 Å². The molecule has 0 aliphatic heterocycles. The van der Waals surface area contributed by atoms with Gasteiger partial charge in [-0.3, -0.25) is 14.9 Å². The fourth-order valence-electron chi connectivity index (χ4n) is 1.47. The molecule has 0 aromatic carbocycles. The third-order valence-corrected chi connectivity index (χ3v) is 2.58. The lowest BCUT2D eigenvalue weighted by Gasteiger charge is -2.06. The zero-order chi connectivity index (χ0) is 14.8. The van der Waals surface area contributed by atoms with Crippen LogP contribution < -0.4 is 5.32 Å². The van der Waals surface area contributed by atoms with Gasteiger partial charge in [0.05, 0.1) is 11.5 Å². The van der Waals surface area contributed by atoms with Gasteiger partial charge >= 0.3 is 5.97 Å². The molecule has 1 N–H and O–H groups in total. The zero-order valence-electron chi connectivity index (χ0n) is 11.5. The number of unbranched alkanes of at least 4 members (excludes halogenated alkanes) is 1. The Balaban J connectivity index is 2.15. The second kappa shape index (κ2) is 8.84. The maximum absolute atomic E-state index is 11.2. The first kappa shape index (κ1) is 15.9. The Labute approximate surface area is 117 Å². The normalized spacial score (nSPS) is 10.1. The van der Waals surface area contributed by atoms with Crippen molar-refractivity contribution in [2.75, 3.05) is 18.5 Å². The first-order valence-electron chi connectivity index (χ1n) is 6.63. The van der Waals surface area contributed by atoms with Crippen molar-refractivity contribution >= 4 is 17.5 Å². The van der Waals surface area contributed by atoms with Crippen LogP contribution in [0.1, 0.15) is 32.6 Å². The number of anilines is 1. The topological polar surface area (TPSA) is 94.4 Å². The molecule has 1 aromatic rings. The average molecular weight is 281 g/mol. The summed E-state index contributed by atoms with van der Waals surface area (Å²) in [7, 11) is 0. The van der Waals surface area contributed by atoms with Crippen molar-refractivity contribution in [3.05, 3.63) is 28.4 Å². The molecule has 7 nitrogen and oxygen atoms in total. The van der Waals surface area contributed by atoms with E-state index < -0.39 is 4.92 Å². The SMILES string of the molecule is CCCCC(=O)OCCCNc1ccc([N+](=O)[O-])cn1. The van der Waals surface area contributed by atoms with Crippen molar-refractivity contribution in [3.63, 3.8) is 0 Å². The predicted molar refractivity (Wildman–Crippen MR) is 74.5 cm³/mol. The molecule has 0 spiro atoms. The number of carbonyl (C=O) groups excluding carboxylic acids is 1. The number of esters is 1. The zero-order valence-corrected chi connectivity index (χ0v) is 11.5. The lowest BCUT2D eigenvalue weighted by atomic mass is 10.2. The minimum absolute atomic E-state index is 0.0413. The van der Waals surface area contributed by atoms with Crippen LogP contribution in [0, 0.1) is 10.1 Å². The van der Waals surface area contributed by atoms with Gasteiger partial charge in [-0.05, 0) is 18.9 Å². The van der Waals surface area contributed by atoms with Crippen molar-refractivity contribution in [1.82, 2.24) is 4.98 Å². The summed E-state index contributed by atoms with van der Waals surface area (Å²) in [6.07, 6.45) is 4.16. The number of ether oxygens (including phenoxy) is 1. The minimum Gasteiger partial charge on any atom is -0.466 e. The molecule has 0 bridgehead atoms. The van der Waals surface area contributed by atoms with Crippen molar-refractivity contribution < 1.29 is 14.5 Å². The van der Waals surface area contributed by atoms with E-state index >= 15 is 0 Å². The summed E-state index contributed by atoms with van der Waals surface area (Å²) in [6.45, 7) is 2.97. The van der Waals surface area contributed by atoms with Crippen LogP contribution in [0.5, 0.6) is 0 Å². The number of hydrogen-bond acceptors (Lipinski definition) is 6. The van der Waals surface area contributed by atoms with Gasteiger partial charge in [-0.25, -0.2) is 4.98 Å². The number of carbonyl (C=O) groups is 1. The van der Waals surface area contributed by atoms with Crippen LogP contribution >= 0.6 is 0 Å². The van der Waals surface area contributed by atoms with Crippen molar-refractivity contribution in [1.29, 1.82) is 0 Å². The van der Waals surface area contributed by atoms with Crippen LogP contribution in [0.4, 0.5) is 11.5 Å². The molecule has 0 unspecified atom stereocenters. The lowest BCUT2D eigenvalue weighted by molar-refractivity contribution is -0.385. The molecule has 0 radical (unpaired) electrons. The van der Waals surface area contributed by atoms with Crippen LogP contribution in [-0.4, -0.2) is 29.0 Å². The molecule has 0 aliphatic rings. The molecule has 1 heterocycles. The highest BCUT2D eigenvalue weighted by molar-refractivity contribution is 5.69. The highest BCUT2D eigenvalue weighted by Crippen LogP contribution is 2.11. The summed E-state index contributed by atoms with van der Waals surface area (Å²) in [5.41, 5.74) is -0.0413. The van der Waals surface area contributed by atoms with Gasteiger partial charge in [0.25, 0.3) is 5.69 Å². The van der Waals surface area contributed by atoms with Gasteiger partial charge in [0.1, 0.15) is 12.0 Å². The van der Waals surface area contributed by atoms with E-state index in [1.807, 2.05) is 6.92 Å². The maximum atomic E-state index is 11.2. The van der Waals surface area contributed by atoms with Crippen LogP contribution in [0.15, 0.2) is 18.3 Å². The fraction of sp³-hybridized carbons (Fsp3) is 0.538. The van der Waals surface area contributed by atoms with E-state index in [0.717, 1.165) is 12.8 Å². The van der Waals surface area contributed by atoms with Gasteiger partial charge in [0.2, 0.25) is 0 Å². The van der Waals surface area contributed by atoms with Crippen molar-refractivity contribution in [3.8, 4) is 0 Å². The fourth-order valence-corrected chi connectivity index (χ4v) is 1.47. The maximum Gasteiger partial charge on any atom is 0.305 e. The van der Waals surface area contributed by atoms with E-state index in [-0.39, 0.29) is 11.7 Å². The van der Waals surface area contributed by atoms with Crippen LogP contribution in [0.2, 0.25) is 0 Å². The molecule has 20 heavy (non-hydrogen) atoms. The third-order valence-electron chi connectivity index (χ3n) is 2.58. The van der Waals surface area contributed by atoms with E-state index in [9.17, 15) is 14.9 Å². The van der Waals surface area contributed by atoms with Crippen LogP contribution in [0.3, 0.4) is 0 Å². The molecule has 0 saturated heterocycles. The third kappa shape index (κ3) is 6.12. The summed E-state index contributed by atoms with van der Waals surface area (Å²) >= 11 is 0. The summed E-state index contributed by atoms with van der Waals surface area (Å²) in [6, 6.07) is 2.94. The molecule has 7 heteroatoms. The molecule has 1 aromatic heterocycles. The Morgan fingerprint density at radius 2 is 2.25 bits per heavy atom. The smallest absolute Gasteiger partial charge is 0.305 e. The first-order chi connectivity index (χ1) is 9.63. The molecule has 0 atom stereocenters. The van der Waals surface area contributed by atoms with E-state index in [1.54, 1.807) is 6.07 Å². The Bertz CT molecular complexity index is 434. The quantitative estimate of drug-likeness (QED) is 0.323. The predicted octanol–water partition coefficient (Wildman–Crippen LogP) is 2.53. The molecular weight excluding hydrogens is 262 g/mol. The summed E-state index contributed by atoms with van der Waals surface area (Å²) in [5, 5.41) is 13.4. The van der Waals surface area contributed by atoms with Gasteiger partial charge in [0, 0.05) is 19.0 Å². The first-order valence-corrected chi connectivity index (χ1v) is 6.63. The van der Waals surface area contributed by atoms with Crippen molar-refractivity contribution in [2.45, 2.75) is 32.6 Å². The van der Waals surface area contributed by atoms with E-state index in [0.29, 0.717) is 31.8 Å². The molecule has 0 saturated carbocycles. The number of hydrogen-bond donors (Lipinski definition) is 1. The van der Waals surface area contributed by atoms with E-state index in [2.05, 4.69) is 10.3 Å². The standard InChI is InChI=1S/C13H19N3O4/c1-2-3-5-13(17)20-9-4-8-14-12-7-6-11(10-15-12)16(18)19/h6-7,10H,2-5,8-9H2,1H3,(H,14,15). The lowest BCUT2D eigenvalue weighted by Crippen LogP contribution is -2.10. The number of nitro groups is 1. The molecular formula is C13H19N3O4. The number of aromatic nitrogens is 1. The highest BCUT2D eigenvalue weighted by Gasteiger charge is 2.05. The number of nitrogens with one attached hydrogen (secondary N) is 1. The molecule has 1 rings (SSSR count).